The third-order valence-electron chi connectivity index (χ3n) is 5.07. The molecule has 0 saturated heterocycles. The Morgan fingerprint density at radius 3 is 2.58 bits per heavy atom. The van der Waals surface area contributed by atoms with E-state index in [4.69, 9.17) is 10.5 Å². The van der Waals surface area contributed by atoms with Gasteiger partial charge in [0.1, 0.15) is 12.4 Å². The first-order valence-corrected chi connectivity index (χ1v) is 8.75. The maximum absolute atomic E-state index is 5.95. The highest BCUT2D eigenvalue weighted by atomic mass is 16.5. The summed E-state index contributed by atoms with van der Waals surface area (Å²) in [7, 11) is 4.12. The summed E-state index contributed by atoms with van der Waals surface area (Å²) in [5.74, 6) is 1.34. The van der Waals surface area contributed by atoms with E-state index in [-0.39, 0.29) is 0 Å². The fourth-order valence-electron chi connectivity index (χ4n) is 3.62. The lowest BCUT2D eigenvalue weighted by molar-refractivity contribution is 0.261. The van der Waals surface area contributed by atoms with E-state index in [1.807, 2.05) is 0 Å². The Bertz CT molecular complexity index is 737. The molecule has 1 unspecified atom stereocenters. The van der Waals surface area contributed by atoms with E-state index in [0.717, 1.165) is 18.7 Å². The van der Waals surface area contributed by atoms with Gasteiger partial charge in [-0.1, -0.05) is 18.2 Å². The standard InChI is InChI=1S/C21H28N2O/c1-14-5-7-18-17(9-10-22)20-13-16(24-12-11-23(3)4)6-8-19(20)21(18)15(14)2/h5-8,13,17H,9-12,22H2,1-4H3. The second-order valence-electron chi connectivity index (χ2n) is 7.00. The van der Waals surface area contributed by atoms with Gasteiger partial charge in [0.05, 0.1) is 0 Å². The highest BCUT2D eigenvalue weighted by Crippen LogP contribution is 2.49. The molecule has 0 radical (unpaired) electrons. The van der Waals surface area contributed by atoms with Crippen molar-refractivity contribution < 1.29 is 4.74 Å². The van der Waals surface area contributed by atoms with Gasteiger partial charge in [-0.3, -0.25) is 0 Å². The number of hydrogen-bond donors (Lipinski definition) is 1. The van der Waals surface area contributed by atoms with Crippen molar-refractivity contribution in [3.63, 3.8) is 0 Å². The summed E-state index contributed by atoms with van der Waals surface area (Å²) >= 11 is 0. The van der Waals surface area contributed by atoms with Gasteiger partial charge in [0.15, 0.2) is 0 Å². The van der Waals surface area contributed by atoms with Crippen LogP contribution in [-0.2, 0) is 0 Å². The monoisotopic (exact) mass is 324 g/mol. The minimum absolute atomic E-state index is 0.386. The van der Waals surface area contributed by atoms with Crippen LogP contribution in [-0.4, -0.2) is 38.7 Å². The van der Waals surface area contributed by atoms with Gasteiger partial charge in [0.2, 0.25) is 0 Å². The van der Waals surface area contributed by atoms with Crippen LogP contribution >= 0.6 is 0 Å². The predicted octanol–water partition coefficient (Wildman–Crippen LogP) is 3.70. The van der Waals surface area contributed by atoms with Crippen LogP contribution in [0.4, 0.5) is 0 Å². The highest BCUT2D eigenvalue weighted by molar-refractivity contribution is 5.82. The summed E-state index contributed by atoms with van der Waals surface area (Å²) in [5.41, 5.74) is 14.2. The molecule has 3 rings (SSSR count). The molecule has 0 saturated carbocycles. The first-order chi connectivity index (χ1) is 11.5. The Morgan fingerprint density at radius 1 is 1.08 bits per heavy atom. The van der Waals surface area contributed by atoms with Crippen LogP contribution < -0.4 is 10.5 Å². The van der Waals surface area contributed by atoms with Crippen LogP contribution in [0.3, 0.4) is 0 Å². The number of fused-ring (bicyclic) bond motifs is 3. The van der Waals surface area contributed by atoms with Crippen molar-refractivity contribution in [2.75, 3.05) is 33.8 Å². The molecule has 0 bridgehead atoms. The van der Waals surface area contributed by atoms with Crippen molar-refractivity contribution in [3.8, 4) is 16.9 Å². The van der Waals surface area contributed by atoms with Crippen molar-refractivity contribution in [3.05, 3.63) is 52.6 Å². The van der Waals surface area contributed by atoms with E-state index in [1.165, 1.54) is 33.4 Å². The van der Waals surface area contributed by atoms with E-state index < -0.39 is 0 Å². The lowest BCUT2D eigenvalue weighted by atomic mass is 9.92. The summed E-state index contributed by atoms with van der Waals surface area (Å²) in [5, 5.41) is 0. The van der Waals surface area contributed by atoms with Crippen molar-refractivity contribution in [1.29, 1.82) is 0 Å². The Hall–Kier alpha value is -1.84. The summed E-state index contributed by atoms with van der Waals surface area (Å²) in [4.78, 5) is 2.13. The number of benzene rings is 2. The fraction of sp³-hybridized carbons (Fsp3) is 0.429. The Morgan fingerprint density at radius 2 is 1.88 bits per heavy atom. The summed E-state index contributed by atoms with van der Waals surface area (Å²) in [6.07, 6.45) is 0.976. The molecule has 0 aliphatic heterocycles. The molecule has 0 spiro atoms. The fourth-order valence-corrected chi connectivity index (χ4v) is 3.62. The Balaban J connectivity index is 1.97. The molecule has 3 nitrogen and oxygen atoms in total. The van der Waals surface area contributed by atoms with Crippen molar-refractivity contribution in [2.24, 2.45) is 5.73 Å². The second kappa shape index (κ2) is 6.96. The smallest absolute Gasteiger partial charge is 0.119 e. The molecule has 1 aliphatic carbocycles. The number of ether oxygens (including phenoxy) is 1. The number of hydrogen-bond acceptors (Lipinski definition) is 3. The van der Waals surface area contributed by atoms with Crippen molar-refractivity contribution in [2.45, 2.75) is 26.2 Å². The first kappa shape index (κ1) is 17.0. The number of aryl methyl sites for hydroxylation is 1. The van der Waals surface area contributed by atoms with Gasteiger partial charge in [-0.05, 0) is 86.4 Å². The molecule has 1 aliphatic rings. The van der Waals surface area contributed by atoms with Gasteiger partial charge in [0, 0.05) is 12.5 Å². The van der Waals surface area contributed by atoms with Crippen LogP contribution in [0.1, 0.15) is 34.6 Å². The van der Waals surface area contributed by atoms with Crippen LogP contribution in [0.15, 0.2) is 30.3 Å². The number of nitrogens with two attached hydrogens (primary N) is 1. The van der Waals surface area contributed by atoms with Gasteiger partial charge < -0.3 is 15.4 Å². The van der Waals surface area contributed by atoms with E-state index in [0.29, 0.717) is 19.1 Å². The average Bonchev–Trinajstić information content (AvgIpc) is 2.85. The Labute approximate surface area is 145 Å². The van der Waals surface area contributed by atoms with E-state index in [2.05, 4.69) is 63.2 Å². The largest absolute Gasteiger partial charge is 0.492 e. The lowest BCUT2D eigenvalue weighted by Crippen LogP contribution is -2.19. The second-order valence-corrected chi connectivity index (χ2v) is 7.00. The first-order valence-electron chi connectivity index (χ1n) is 8.75. The molecule has 0 fully saturated rings. The predicted molar refractivity (Wildman–Crippen MR) is 101 cm³/mol. The molecule has 3 heteroatoms. The van der Waals surface area contributed by atoms with Crippen LogP contribution in [0.5, 0.6) is 5.75 Å². The quantitative estimate of drug-likeness (QED) is 0.880. The zero-order valence-corrected chi connectivity index (χ0v) is 15.2. The minimum Gasteiger partial charge on any atom is -0.492 e. The van der Waals surface area contributed by atoms with Crippen molar-refractivity contribution in [1.82, 2.24) is 4.90 Å². The third-order valence-corrected chi connectivity index (χ3v) is 5.07. The summed E-state index contributed by atoms with van der Waals surface area (Å²) in [6.45, 7) is 6.73. The molecule has 128 valence electrons. The van der Waals surface area contributed by atoms with Crippen LogP contribution in [0.2, 0.25) is 0 Å². The van der Waals surface area contributed by atoms with Gasteiger partial charge in [-0.25, -0.2) is 0 Å². The van der Waals surface area contributed by atoms with Gasteiger partial charge in [0.25, 0.3) is 0 Å². The minimum atomic E-state index is 0.386. The molecular formula is C21H28N2O. The number of likely N-dealkylation sites (N-methyl/N-ethyl adjacent to an activating group) is 1. The average molecular weight is 324 g/mol. The molecular weight excluding hydrogens is 296 g/mol. The van der Waals surface area contributed by atoms with Crippen LogP contribution in [0.25, 0.3) is 11.1 Å². The van der Waals surface area contributed by atoms with E-state index in [1.54, 1.807) is 0 Å². The topological polar surface area (TPSA) is 38.5 Å². The van der Waals surface area contributed by atoms with E-state index in [9.17, 15) is 0 Å². The van der Waals surface area contributed by atoms with Gasteiger partial charge in [-0.2, -0.15) is 0 Å². The Kier molecular flexibility index (Phi) is 4.93. The molecule has 0 aromatic heterocycles. The van der Waals surface area contributed by atoms with Crippen molar-refractivity contribution >= 4 is 0 Å². The third kappa shape index (κ3) is 3.06. The zero-order chi connectivity index (χ0) is 17.3. The summed E-state index contributed by atoms with van der Waals surface area (Å²) in [6, 6.07) is 11.1. The molecule has 2 aromatic carbocycles. The highest BCUT2D eigenvalue weighted by Gasteiger charge is 2.30. The molecule has 2 aromatic rings. The lowest BCUT2D eigenvalue weighted by Gasteiger charge is -2.15. The van der Waals surface area contributed by atoms with Crippen LogP contribution in [0, 0.1) is 13.8 Å². The SMILES string of the molecule is Cc1ccc2c(c1C)-c1ccc(OCCN(C)C)cc1C2CCN. The molecule has 2 N–H and O–H groups in total. The summed E-state index contributed by atoms with van der Waals surface area (Å²) < 4.78 is 5.95. The zero-order valence-electron chi connectivity index (χ0n) is 15.2. The maximum atomic E-state index is 5.95. The van der Waals surface area contributed by atoms with E-state index >= 15 is 0 Å². The number of nitrogens with zero attached hydrogens (tertiary/aromatic N) is 1. The molecule has 0 amide bonds. The van der Waals surface area contributed by atoms with Gasteiger partial charge >= 0.3 is 0 Å². The molecule has 0 heterocycles. The number of rotatable bonds is 6. The maximum Gasteiger partial charge on any atom is 0.119 e. The molecule has 24 heavy (non-hydrogen) atoms. The van der Waals surface area contributed by atoms with Gasteiger partial charge in [-0.15, -0.1) is 0 Å². The normalized spacial score (nSPS) is 15.5. The molecule has 1 atom stereocenters.